The molecule has 5 nitrogen and oxygen atoms in total. The molecule has 0 saturated carbocycles. The lowest BCUT2D eigenvalue weighted by molar-refractivity contribution is -0.244. The maximum absolute atomic E-state index is 11.4. The average Bonchev–Trinajstić information content (AvgIpc) is 2.75. The van der Waals surface area contributed by atoms with Gasteiger partial charge in [0.2, 0.25) is 0 Å². The molecule has 0 aliphatic carbocycles. The monoisotopic (exact) mass is 430 g/mol. The van der Waals surface area contributed by atoms with E-state index >= 15 is 0 Å². The average molecular weight is 431 g/mol. The van der Waals surface area contributed by atoms with Crippen LogP contribution in [0.1, 0.15) is 49.7 Å². The first-order chi connectivity index (χ1) is 14.6. The van der Waals surface area contributed by atoms with Crippen LogP contribution in [0, 0.1) is 5.92 Å². The van der Waals surface area contributed by atoms with E-state index in [1.54, 1.807) is 25.1 Å². The number of benzene rings is 2. The first-order valence-electron chi connectivity index (χ1n) is 10.2. The number of halogens is 1. The fraction of sp³-hybridized carbons (Fsp3) is 0.375. The number of phenols is 1. The molecule has 0 spiro atoms. The van der Waals surface area contributed by atoms with Crippen LogP contribution in [0.2, 0.25) is 5.02 Å². The molecular weight excluding hydrogens is 404 g/mol. The van der Waals surface area contributed by atoms with Gasteiger partial charge in [-0.3, -0.25) is 4.79 Å². The van der Waals surface area contributed by atoms with Gasteiger partial charge in [0.05, 0.1) is 19.3 Å². The number of carbonyl (C=O) groups is 1. The van der Waals surface area contributed by atoms with Crippen LogP contribution in [0.25, 0.3) is 0 Å². The van der Waals surface area contributed by atoms with Crippen molar-refractivity contribution in [2.45, 2.75) is 38.6 Å². The highest BCUT2D eigenvalue weighted by atomic mass is 35.5. The fourth-order valence-corrected chi connectivity index (χ4v) is 3.71. The van der Waals surface area contributed by atoms with Gasteiger partial charge in [0.15, 0.2) is 6.29 Å². The highest BCUT2D eigenvalue weighted by Crippen LogP contribution is 2.43. The molecule has 0 bridgehead atoms. The number of hydrogen-bond donors (Lipinski definition) is 1. The van der Waals surface area contributed by atoms with Crippen molar-refractivity contribution in [3.63, 3.8) is 0 Å². The summed E-state index contributed by atoms with van der Waals surface area (Å²) in [4.78, 5) is 11.4. The minimum absolute atomic E-state index is 0.0101. The van der Waals surface area contributed by atoms with Crippen LogP contribution in [0.5, 0.6) is 5.75 Å². The van der Waals surface area contributed by atoms with Gasteiger partial charge >= 0.3 is 5.97 Å². The van der Waals surface area contributed by atoms with E-state index < -0.39 is 6.29 Å². The van der Waals surface area contributed by atoms with Gasteiger partial charge in [-0.1, -0.05) is 60.2 Å². The Morgan fingerprint density at radius 2 is 1.90 bits per heavy atom. The predicted molar refractivity (Wildman–Crippen MR) is 115 cm³/mol. The topological polar surface area (TPSA) is 65.0 Å². The van der Waals surface area contributed by atoms with Crippen molar-refractivity contribution < 1.29 is 24.1 Å². The van der Waals surface area contributed by atoms with Crippen molar-refractivity contribution in [2.75, 3.05) is 13.2 Å². The lowest BCUT2D eigenvalue weighted by Crippen LogP contribution is -2.30. The van der Waals surface area contributed by atoms with Gasteiger partial charge in [-0.25, -0.2) is 0 Å². The zero-order valence-electron chi connectivity index (χ0n) is 17.0. The van der Waals surface area contributed by atoms with E-state index in [1.807, 2.05) is 42.5 Å². The van der Waals surface area contributed by atoms with E-state index in [0.29, 0.717) is 37.5 Å². The molecule has 1 N–H and O–H groups in total. The number of esters is 1. The molecule has 6 heteroatoms. The minimum atomic E-state index is -0.604. The van der Waals surface area contributed by atoms with Gasteiger partial charge in [0.25, 0.3) is 0 Å². The summed E-state index contributed by atoms with van der Waals surface area (Å²) in [7, 11) is 0. The number of allylic oxidation sites excluding steroid dienone is 2. The van der Waals surface area contributed by atoms with Crippen molar-refractivity contribution in [1.82, 2.24) is 0 Å². The van der Waals surface area contributed by atoms with Crippen LogP contribution in [0.4, 0.5) is 0 Å². The largest absolute Gasteiger partial charge is 0.508 e. The second-order valence-corrected chi connectivity index (χ2v) is 7.52. The molecule has 2 aromatic rings. The molecule has 3 unspecified atom stereocenters. The van der Waals surface area contributed by atoms with Crippen molar-refractivity contribution in [1.29, 1.82) is 0 Å². The Kier molecular flexibility index (Phi) is 8.31. The zero-order valence-corrected chi connectivity index (χ0v) is 17.8. The summed E-state index contributed by atoms with van der Waals surface area (Å²) in [5, 5.41) is 11.0. The predicted octanol–water partition coefficient (Wildman–Crippen LogP) is 5.74. The van der Waals surface area contributed by atoms with Crippen LogP contribution < -0.4 is 0 Å². The number of phenolic OH excluding ortho intramolecular Hbond substituents is 1. The number of ether oxygens (including phenoxy) is 3. The lowest BCUT2D eigenvalue weighted by atomic mass is 9.91. The molecule has 1 aliphatic heterocycles. The van der Waals surface area contributed by atoms with Gasteiger partial charge in [-0.2, -0.15) is 0 Å². The molecule has 0 amide bonds. The maximum Gasteiger partial charge on any atom is 0.306 e. The highest BCUT2D eigenvalue weighted by molar-refractivity contribution is 6.31. The number of carbonyl (C=O) groups excluding carboxylic acids is 1. The molecule has 3 rings (SSSR count). The summed E-state index contributed by atoms with van der Waals surface area (Å²) in [6.07, 6.45) is 4.72. The molecule has 0 radical (unpaired) electrons. The van der Waals surface area contributed by atoms with E-state index in [-0.39, 0.29) is 23.7 Å². The van der Waals surface area contributed by atoms with Crippen LogP contribution in [0.15, 0.2) is 60.7 Å². The number of rotatable bonds is 8. The summed E-state index contributed by atoms with van der Waals surface area (Å²) in [6, 6.07) is 14.6. The van der Waals surface area contributed by atoms with Crippen LogP contribution in [-0.4, -0.2) is 24.3 Å². The molecule has 0 aromatic heterocycles. The lowest BCUT2D eigenvalue weighted by Gasteiger charge is -2.37. The number of aromatic hydroxyl groups is 1. The smallest absolute Gasteiger partial charge is 0.306 e. The number of para-hydroxylation sites is 1. The number of hydrogen-bond acceptors (Lipinski definition) is 5. The van der Waals surface area contributed by atoms with Gasteiger partial charge in [-0.15, -0.1) is 0 Å². The van der Waals surface area contributed by atoms with Gasteiger partial charge < -0.3 is 19.3 Å². The van der Waals surface area contributed by atoms with Crippen molar-refractivity contribution >= 4 is 17.6 Å². The first kappa shape index (κ1) is 22.3. The molecule has 30 heavy (non-hydrogen) atoms. The normalized spacial score (nSPS) is 21.6. The second-order valence-electron chi connectivity index (χ2n) is 7.11. The Labute approximate surface area is 182 Å². The summed E-state index contributed by atoms with van der Waals surface area (Å²) >= 11 is 6.33. The highest BCUT2D eigenvalue weighted by Gasteiger charge is 2.35. The molecule has 1 aliphatic rings. The Hall–Kier alpha value is -2.34. The minimum Gasteiger partial charge on any atom is -0.508 e. The summed E-state index contributed by atoms with van der Waals surface area (Å²) in [5.41, 5.74) is 1.49. The third-order valence-corrected chi connectivity index (χ3v) is 5.33. The standard InChI is InChI=1S/C24H27ClO5/c1-2-28-22(27)15-5-3-4-10-17-16-29-24(18-11-6-8-13-20(18)25)30-23(17)19-12-7-9-14-21(19)26/h3-4,6-9,11-14,17,23-24,26H,2,5,10,15-16H2,1H3/b4-3-. The van der Waals surface area contributed by atoms with Gasteiger partial charge in [-0.05, 0) is 31.9 Å². The van der Waals surface area contributed by atoms with Crippen LogP contribution >= 0.6 is 11.6 Å². The van der Waals surface area contributed by atoms with E-state index in [9.17, 15) is 9.90 Å². The zero-order chi connectivity index (χ0) is 21.3. The molecule has 1 saturated heterocycles. The summed E-state index contributed by atoms with van der Waals surface area (Å²) < 4.78 is 17.2. The van der Waals surface area contributed by atoms with Gasteiger partial charge in [0.1, 0.15) is 5.75 Å². The van der Waals surface area contributed by atoms with Crippen molar-refractivity contribution in [2.24, 2.45) is 5.92 Å². The first-order valence-corrected chi connectivity index (χ1v) is 10.6. The summed E-state index contributed by atoms with van der Waals surface area (Å²) in [5.74, 6) is 0.00984. The van der Waals surface area contributed by atoms with Crippen molar-refractivity contribution in [3.8, 4) is 5.75 Å². The molecular formula is C24H27ClO5. The fourth-order valence-electron chi connectivity index (χ4n) is 3.48. The van der Waals surface area contributed by atoms with Crippen molar-refractivity contribution in [3.05, 3.63) is 76.8 Å². The SMILES string of the molecule is CCOC(=O)CC/C=C\CC1COC(c2ccccc2Cl)OC1c1ccccc1O. The van der Waals surface area contributed by atoms with E-state index in [1.165, 1.54) is 0 Å². The Morgan fingerprint density at radius 3 is 2.63 bits per heavy atom. The third-order valence-electron chi connectivity index (χ3n) is 4.99. The van der Waals surface area contributed by atoms with Crippen LogP contribution in [0.3, 0.4) is 0 Å². The Balaban J connectivity index is 1.70. The summed E-state index contributed by atoms with van der Waals surface area (Å²) in [6.45, 7) is 2.65. The quantitative estimate of drug-likeness (QED) is 0.427. The third kappa shape index (κ3) is 5.85. The van der Waals surface area contributed by atoms with Gasteiger partial charge in [0, 0.05) is 28.5 Å². The molecule has 2 aromatic carbocycles. The maximum atomic E-state index is 11.4. The van der Waals surface area contributed by atoms with E-state index in [4.69, 9.17) is 25.8 Å². The molecule has 3 atom stereocenters. The van der Waals surface area contributed by atoms with E-state index in [0.717, 1.165) is 11.1 Å². The second kappa shape index (κ2) is 11.2. The van der Waals surface area contributed by atoms with Crippen LogP contribution in [-0.2, 0) is 19.0 Å². The molecule has 1 fully saturated rings. The van der Waals surface area contributed by atoms with E-state index in [2.05, 4.69) is 0 Å². The Morgan fingerprint density at radius 1 is 1.17 bits per heavy atom. The Bertz CT molecular complexity index is 866. The molecule has 160 valence electrons. The molecule has 1 heterocycles.